The van der Waals surface area contributed by atoms with Gasteiger partial charge in [0.25, 0.3) is 0 Å². The number of aliphatic hydroxyl groups is 1. The third kappa shape index (κ3) is 9.01. The van der Waals surface area contributed by atoms with Crippen molar-refractivity contribution in [1.82, 2.24) is 0 Å². The van der Waals surface area contributed by atoms with Gasteiger partial charge >= 0.3 is 0 Å². The Bertz CT molecular complexity index is 69.1. The molecule has 0 saturated carbocycles. The Morgan fingerprint density at radius 2 is 1.67 bits per heavy atom. The first-order valence-electron chi connectivity index (χ1n) is 2.84. The molecule has 0 unspecified atom stereocenters. The molecule has 0 amide bonds. The number of unbranched alkanes of at least 4 members (excludes halogenated alkanes) is 1. The summed E-state index contributed by atoms with van der Waals surface area (Å²) < 4.78 is -0.477. The highest BCUT2D eigenvalue weighted by molar-refractivity contribution is 8.16. The second-order valence-corrected chi connectivity index (χ2v) is 5.30. The monoisotopic (exact) mass is 184 g/mol. The molecule has 0 aromatic heterocycles. The lowest BCUT2D eigenvalue weighted by Crippen LogP contribution is -2.02. The fraction of sp³-hybridized carbons (Fsp3) is 1.00. The van der Waals surface area contributed by atoms with E-state index in [4.69, 9.17) is 5.11 Å². The molecule has 9 heavy (non-hydrogen) atoms. The highest BCUT2D eigenvalue weighted by Gasteiger charge is 2.11. The molecule has 0 fully saturated rings. The van der Waals surface area contributed by atoms with Crippen molar-refractivity contribution in [2.45, 2.75) is 22.7 Å². The highest BCUT2D eigenvalue weighted by atomic mass is 32.2. The predicted octanol–water partition coefficient (Wildman–Crippen LogP) is 1.59. The fourth-order valence-electron chi connectivity index (χ4n) is 0.474. The van der Waals surface area contributed by atoms with Crippen molar-refractivity contribution in [2.75, 3.05) is 6.61 Å². The molecule has 0 aromatic rings. The molecular formula is C5H12OS3. The third-order valence-electron chi connectivity index (χ3n) is 0.920. The van der Waals surface area contributed by atoms with Crippen molar-refractivity contribution in [2.24, 2.45) is 0 Å². The van der Waals surface area contributed by atoms with Crippen molar-refractivity contribution in [3.63, 3.8) is 0 Å². The van der Waals surface area contributed by atoms with E-state index in [1.54, 1.807) is 0 Å². The lowest BCUT2D eigenvalue weighted by Gasteiger charge is -2.13. The minimum Gasteiger partial charge on any atom is -0.396 e. The summed E-state index contributed by atoms with van der Waals surface area (Å²) >= 11 is 12.2. The van der Waals surface area contributed by atoms with Crippen LogP contribution in [0.15, 0.2) is 0 Å². The van der Waals surface area contributed by atoms with Crippen molar-refractivity contribution < 1.29 is 5.11 Å². The minimum absolute atomic E-state index is 0.241. The van der Waals surface area contributed by atoms with Gasteiger partial charge in [-0.3, -0.25) is 0 Å². The largest absolute Gasteiger partial charge is 0.396 e. The summed E-state index contributed by atoms with van der Waals surface area (Å²) in [7, 11) is 0. The van der Waals surface area contributed by atoms with Gasteiger partial charge in [0.15, 0.2) is 0 Å². The maximum absolute atomic E-state index is 8.39. The summed E-state index contributed by atoms with van der Waals surface area (Å²) in [6.45, 7) is 0.241. The molecule has 0 bridgehead atoms. The van der Waals surface area contributed by atoms with Gasteiger partial charge in [-0.15, -0.1) is 0 Å². The van der Waals surface area contributed by atoms with E-state index in [2.05, 4.69) is 37.9 Å². The Morgan fingerprint density at radius 1 is 1.11 bits per heavy atom. The van der Waals surface area contributed by atoms with Gasteiger partial charge in [-0.1, -0.05) is 0 Å². The second kappa shape index (κ2) is 4.77. The summed E-state index contributed by atoms with van der Waals surface area (Å²) in [6, 6.07) is 0. The maximum atomic E-state index is 8.39. The molecule has 0 aliphatic heterocycles. The van der Waals surface area contributed by atoms with E-state index in [-0.39, 0.29) is 6.61 Å². The number of hydrogen-bond donors (Lipinski definition) is 4. The van der Waals surface area contributed by atoms with Crippen LogP contribution >= 0.6 is 37.9 Å². The van der Waals surface area contributed by atoms with E-state index in [9.17, 15) is 0 Å². The van der Waals surface area contributed by atoms with Crippen LogP contribution in [-0.4, -0.2) is 15.1 Å². The lowest BCUT2D eigenvalue weighted by molar-refractivity contribution is 0.283. The molecule has 0 aliphatic rings. The van der Waals surface area contributed by atoms with E-state index < -0.39 is 3.41 Å². The molecule has 0 atom stereocenters. The van der Waals surface area contributed by atoms with Crippen LogP contribution in [0.3, 0.4) is 0 Å². The minimum atomic E-state index is -0.477. The van der Waals surface area contributed by atoms with Gasteiger partial charge in [-0.2, -0.15) is 37.9 Å². The van der Waals surface area contributed by atoms with Crippen molar-refractivity contribution in [3.8, 4) is 0 Å². The lowest BCUT2D eigenvalue weighted by atomic mass is 10.3. The van der Waals surface area contributed by atoms with Crippen LogP contribution in [0.1, 0.15) is 19.3 Å². The van der Waals surface area contributed by atoms with Crippen LogP contribution in [-0.2, 0) is 0 Å². The van der Waals surface area contributed by atoms with Gasteiger partial charge in [0.05, 0.1) is 3.41 Å². The van der Waals surface area contributed by atoms with E-state index in [1.165, 1.54) is 0 Å². The van der Waals surface area contributed by atoms with Gasteiger partial charge in [0, 0.05) is 6.61 Å². The zero-order chi connectivity index (χ0) is 7.33. The Balaban J connectivity index is 3.07. The normalized spacial score (nSPS) is 12.0. The first-order valence-corrected chi connectivity index (χ1v) is 4.18. The maximum Gasteiger partial charge on any atom is 0.0980 e. The summed E-state index contributed by atoms with van der Waals surface area (Å²) in [4.78, 5) is 0. The molecule has 0 saturated heterocycles. The number of thiol groups is 3. The number of hydrogen-bond acceptors (Lipinski definition) is 4. The summed E-state index contributed by atoms with van der Waals surface area (Å²) in [5.41, 5.74) is 0. The van der Waals surface area contributed by atoms with Crippen molar-refractivity contribution in [3.05, 3.63) is 0 Å². The number of aliphatic hydroxyl groups excluding tert-OH is 1. The van der Waals surface area contributed by atoms with Gasteiger partial charge < -0.3 is 5.11 Å². The van der Waals surface area contributed by atoms with Gasteiger partial charge in [-0.05, 0) is 19.3 Å². The average Bonchev–Trinajstić information content (AvgIpc) is 1.63. The van der Waals surface area contributed by atoms with E-state index in [0.717, 1.165) is 19.3 Å². The Hall–Kier alpha value is 1.01. The Kier molecular flexibility index (Phi) is 5.30. The molecule has 4 heteroatoms. The molecule has 0 spiro atoms. The van der Waals surface area contributed by atoms with Crippen LogP contribution in [0.5, 0.6) is 0 Å². The third-order valence-corrected chi connectivity index (χ3v) is 1.59. The smallest absolute Gasteiger partial charge is 0.0980 e. The van der Waals surface area contributed by atoms with Crippen LogP contribution in [0.25, 0.3) is 0 Å². The quantitative estimate of drug-likeness (QED) is 0.297. The van der Waals surface area contributed by atoms with Crippen molar-refractivity contribution >= 4 is 37.9 Å². The van der Waals surface area contributed by atoms with E-state index in [1.807, 2.05) is 0 Å². The molecule has 1 N–H and O–H groups in total. The Labute approximate surface area is 72.5 Å². The van der Waals surface area contributed by atoms with Gasteiger partial charge in [0.2, 0.25) is 0 Å². The topological polar surface area (TPSA) is 20.2 Å². The predicted molar refractivity (Wildman–Crippen MR) is 50.6 cm³/mol. The Morgan fingerprint density at radius 3 is 2.00 bits per heavy atom. The van der Waals surface area contributed by atoms with Crippen LogP contribution in [0.2, 0.25) is 0 Å². The standard InChI is InChI=1S/C5H12OS3/c6-4-2-1-3-5(7,8)9/h6-9H,1-4H2. The molecule has 0 aliphatic carbocycles. The first-order chi connectivity index (χ1) is 4.06. The van der Waals surface area contributed by atoms with Crippen LogP contribution in [0.4, 0.5) is 0 Å². The average molecular weight is 184 g/mol. The summed E-state index contributed by atoms with van der Waals surface area (Å²) in [5.74, 6) is 0. The molecule has 0 aromatic carbocycles. The van der Waals surface area contributed by atoms with Crippen molar-refractivity contribution in [1.29, 1.82) is 0 Å². The van der Waals surface area contributed by atoms with Crippen LogP contribution in [0, 0.1) is 0 Å². The van der Waals surface area contributed by atoms with Gasteiger partial charge in [0.1, 0.15) is 0 Å². The molecule has 0 rings (SSSR count). The number of rotatable bonds is 4. The molecule has 0 radical (unpaired) electrons. The second-order valence-electron chi connectivity index (χ2n) is 1.96. The van der Waals surface area contributed by atoms with Gasteiger partial charge in [-0.25, -0.2) is 0 Å². The molecule has 1 nitrogen and oxygen atoms in total. The molecular weight excluding hydrogens is 172 g/mol. The summed E-state index contributed by atoms with van der Waals surface area (Å²) in [6.07, 6.45) is 2.54. The molecule has 0 heterocycles. The first kappa shape index (κ1) is 10.0. The zero-order valence-corrected chi connectivity index (χ0v) is 7.80. The highest BCUT2D eigenvalue weighted by Crippen LogP contribution is 2.29. The zero-order valence-electron chi connectivity index (χ0n) is 5.12. The summed E-state index contributed by atoms with van der Waals surface area (Å²) in [5, 5.41) is 8.39. The molecule has 56 valence electrons. The fourth-order valence-corrected chi connectivity index (χ4v) is 0.948. The van der Waals surface area contributed by atoms with E-state index in [0.29, 0.717) is 0 Å². The van der Waals surface area contributed by atoms with E-state index >= 15 is 0 Å². The van der Waals surface area contributed by atoms with Crippen LogP contribution < -0.4 is 0 Å². The SMILES string of the molecule is OCCCCC(S)(S)S.